The highest BCUT2D eigenvalue weighted by molar-refractivity contribution is 7.89. The van der Waals surface area contributed by atoms with Crippen molar-refractivity contribution >= 4 is 16.0 Å². The van der Waals surface area contributed by atoms with Crippen molar-refractivity contribution in [3.63, 3.8) is 0 Å². The van der Waals surface area contributed by atoms with Gasteiger partial charge in [0, 0.05) is 13.1 Å². The molecule has 7 nitrogen and oxygen atoms in total. The van der Waals surface area contributed by atoms with Crippen LogP contribution in [0.15, 0.2) is 23.1 Å². The second kappa shape index (κ2) is 6.46. The molecule has 0 aliphatic carbocycles. The number of sulfonamides is 1. The van der Waals surface area contributed by atoms with E-state index in [0.29, 0.717) is 0 Å². The number of carboxylic acid groups (broad SMARTS) is 1. The van der Waals surface area contributed by atoms with Crippen LogP contribution in [0.4, 0.5) is 13.2 Å². The number of carbonyl (C=O) groups is 1. The Morgan fingerprint density at radius 2 is 1.84 bits per heavy atom. The van der Waals surface area contributed by atoms with Crippen molar-refractivity contribution in [2.75, 3.05) is 20.2 Å². The number of hydrogen-bond donors (Lipinski definition) is 2. The number of aliphatic hydroxyl groups is 1. The highest BCUT2D eigenvalue weighted by Crippen LogP contribution is 2.40. The number of rotatable bonds is 4. The molecule has 0 aromatic heterocycles. The molecule has 1 aliphatic heterocycles. The lowest BCUT2D eigenvalue weighted by Gasteiger charge is -2.38. The molecule has 25 heavy (non-hydrogen) atoms. The number of aromatic carboxylic acids is 1. The largest absolute Gasteiger partial charge is 0.495 e. The van der Waals surface area contributed by atoms with E-state index in [1.807, 2.05) is 0 Å². The summed E-state index contributed by atoms with van der Waals surface area (Å²) in [6, 6.07) is 3.11. The average Bonchev–Trinajstić information content (AvgIpc) is 2.53. The van der Waals surface area contributed by atoms with Crippen molar-refractivity contribution in [1.82, 2.24) is 4.31 Å². The van der Waals surface area contributed by atoms with Crippen LogP contribution >= 0.6 is 0 Å². The maximum Gasteiger partial charge on any atom is 0.417 e. The van der Waals surface area contributed by atoms with Gasteiger partial charge in [-0.15, -0.1) is 0 Å². The predicted molar refractivity (Wildman–Crippen MR) is 79.0 cm³/mol. The van der Waals surface area contributed by atoms with Crippen LogP contribution in [-0.4, -0.2) is 60.9 Å². The third-order valence-corrected chi connectivity index (χ3v) is 6.04. The summed E-state index contributed by atoms with van der Waals surface area (Å²) < 4.78 is 69.5. The topological polar surface area (TPSA) is 104 Å². The molecular weight excluding hydrogens is 367 g/mol. The zero-order valence-corrected chi connectivity index (χ0v) is 13.9. The fourth-order valence-electron chi connectivity index (χ4n) is 2.53. The van der Waals surface area contributed by atoms with Crippen LogP contribution in [0, 0.1) is 0 Å². The van der Waals surface area contributed by atoms with Gasteiger partial charge >= 0.3 is 12.1 Å². The van der Waals surface area contributed by atoms with E-state index < -0.39 is 53.7 Å². The van der Waals surface area contributed by atoms with Crippen LogP contribution in [0.3, 0.4) is 0 Å². The van der Waals surface area contributed by atoms with Gasteiger partial charge in [0.25, 0.3) is 0 Å². The quantitative estimate of drug-likeness (QED) is 0.816. The van der Waals surface area contributed by atoms with E-state index in [2.05, 4.69) is 0 Å². The minimum absolute atomic E-state index is 0.194. The summed E-state index contributed by atoms with van der Waals surface area (Å²) in [5.41, 5.74) is -3.11. The number of ether oxygens (including phenoxy) is 1. The zero-order chi connectivity index (χ0) is 19.0. The van der Waals surface area contributed by atoms with Gasteiger partial charge in [-0.3, -0.25) is 0 Å². The molecule has 140 valence electrons. The lowest BCUT2D eigenvalue weighted by molar-refractivity contribution is -0.270. The van der Waals surface area contributed by atoms with Crippen LogP contribution in [-0.2, 0) is 10.0 Å². The molecule has 1 aromatic carbocycles. The molecule has 1 fully saturated rings. The van der Waals surface area contributed by atoms with Gasteiger partial charge in [0.2, 0.25) is 10.0 Å². The monoisotopic (exact) mass is 383 g/mol. The minimum Gasteiger partial charge on any atom is -0.495 e. The molecule has 1 aromatic rings. The van der Waals surface area contributed by atoms with Crippen molar-refractivity contribution in [3.05, 3.63) is 23.8 Å². The molecule has 1 aliphatic rings. The van der Waals surface area contributed by atoms with E-state index >= 15 is 0 Å². The summed E-state index contributed by atoms with van der Waals surface area (Å²) in [6.45, 7) is -1.05. The van der Waals surface area contributed by atoms with E-state index in [-0.39, 0.29) is 16.2 Å². The molecule has 0 unspecified atom stereocenters. The van der Waals surface area contributed by atoms with Gasteiger partial charge in [-0.25, -0.2) is 13.2 Å². The van der Waals surface area contributed by atoms with Crippen molar-refractivity contribution < 1.29 is 41.3 Å². The van der Waals surface area contributed by atoms with Crippen molar-refractivity contribution in [3.8, 4) is 5.75 Å². The van der Waals surface area contributed by atoms with Gasteiger partial charge in [-0.05, 0) is 31.0 Å². The van der Waals surface area contributed by atoms with E-state index in [0.717, 1.165) is 29.6 Å². The normalized spacial score (nSPS) is 18.8. The summed E-state index contributed by atoms with van der Waals surface area (Å²) in [5.74, 6) is -1.51. The average molecular weight is 383 g/mol. The van der Waals surface area contributed by atoms with Crippen LogP contribution in [0.25, 0.3) is 0 Å². The van der Waals surface area contributed by atoms with E-state index in [4.69, 9.17) is 9.84 Å². The number of halogens is 3. The molecule has 2 N–H and O–H groups in total. The van der Waals surface area contributed by atoms with Gasteiger partial charge in [0.05, 0.1) is 12.7 Å². The van der Waals surface area contributed by atoms with Gasteiger partial charge < -0.3 is 14.9 Å². The molecule has 0 saturated carbocycles. The number of methoxy groups -OCH3 is 1. The SMILES string of the molecule is COc1cc(C(=O)O)ccc1S(=O)(=O)N1CCC(O)(C(F)(F)F)CC1. The first kappa shape index (κ1) is 19.5. The van der Waals surface area contributed by atoms with Gasteiger partial charge in [0.1, 0.15) is 10.6 Å². The van der Waals surface area contributed by atoms with Gasteiger partial charge in [0.15, 0.2) is 5.60 Å². The summed E-state index contributed by atoms with van der Waals surface area (Å²) in [7, 11) is -3.05. The number of carboxylic acids is 1. The Bertz CT molecular complexity index is 769. The summed E-state index contributed by atoms with van der Waals surface area (Å²) in [6.07, 6.45) is -6.42. The molecular formula is C14H16F3NO6S. The van der Waals surface area contributed by atoms with Crippen LogP contribution in [0.2, 0.25) is 0 Å². The Hall–Kier alpha value is -1.85. The Labute approximate surface area is 141 Å². The van der Waals surface area contributed by atoms with Gasteiger partial charge in [-0.1, -0.05) is 0 Å². The standard InChI is InChI=1S/C14H16F3NO6S/c1-24-10-8-9(12(19)20)2-3-11(10)25(22,23)18-6-4-13(21,5-7-18)14(15,16)17/h2-3,8,21H,4-7H2,1H3,(H,19,20). The number of nitrogens with zero attached hydrogens (tertiary/aromatic N) is 1. The summed E-state index contributed by atoms with van der Waals surface area (Å²) in [5, 5.41) is 18.6. The molecule has 11 heteroatoms. The Morgan fingerprint density at radius 1 is 1.28 bits per heavy atom. The minimum atomic E-state index is -4.84. The number of alkyl halides is 3. The molecule has 0 spiro atoms. The maximum absolute atomic E-state index is 12.8. The van der Waals surface area contributed by atoms with Crippen molar-refractivity contribution in [2.45, 2.75) is 29.5 Å². The van der Waals surface area contributed by atoms with Crippen molar-refractivity contribution in [1.29, 1.82) is 0 Å². The molecule has 0 amide bonds. The first-order valence-corrected chi connectivity index (χ1v) is 8.57. The lowest BCUT2D eigenvalue weighted by Crippen LogP contribution is -2.54. The molecule has 0 radical (unpaired) electrons. The smallest absolute Gasteiger partial charge is 0.417 e. The number of hydrogen-bond acceptors (Lipinski definition) is 5. The predicted octanol–water partition coefficient (Wildman–Crippen LogP) is 1.47. The Morgan fingerprint density at radius 3 is 2.28 bits per heavy atom. The lowest BCUT2D eigenvalue weighted by atomic mass is 9.92. The molecule has 0 bridgehead atoms. The molecule has 2 rings (SSSR count). The highest BCUT2D eigenvalue weighted by atomic mass is 32.2. The Balaban J connectivity index is 2.30. The third-order valence-electron chi connectivity index (χ3n) is 4.11. The first-order valence-electron chi connectivity index (χ1n) is 7.13. The Kier molecular flexibility index (Phi) is 5.04. The van der Waals surface area contributed by atoms with Crippen LogP contribution < -0.4 is 4.74 Å². The van der Waals surface area contributed by atoms with Crippen LogP contribution in [0.5, 0.6) is 5.75 Å². The second-order valence-electron chi connectivity index (χ2n) is 5.60. The molecule has 1 heterocycles. The zero-order valence-electron chi connectivity index (χ0n) is 13.1. The fraction of sp³-hybridized carbons (Fsp3) is 0.500. The van der Waals surface area contributed by atoms with E-state index in [1.54, 1.807) is 0 Å². The molecule has 0 atom stereocenters. The second-order valence-corrected chi connectivity index (χ2v) is 7.51. The number of piperidine rings is 1. The maximum atomic E-state index is 12.8. The van der Waals surface area contributed by atoms with E-state index in [1.165, 1.54) is 0 Å². The number of benzene rings is 1. The van der Waals surface area contributed by atoms with E-state index in [9.17, 15) is 31.5 Å². The third kappa shape index (κ3) is 3.58. The highest BCUT2D eigenvalue weighted by Gasteiger charge is 2.55. The first-order chi connectivity index (χ1) is 11.4. The fourth-order valence-corrected chi connectivity index (χ4v) is 4.11. The van der Waals surface area contributed by atoms with Crippen molar-refractivity contribution in [2.24, 2.45) is 0 Å². The van der Waals surface area contributed by atoms with Gasteiger partial charge in [-0.2, -0.15) is 17.5 Å². The molecule has 1 saturated heterocycles. The van der Waals surface area contributed by atoms with Crippen LogP contribution in [0.1, 0.15) is 23.2 Å². The summed E-state index contributed by atoms with van der Waals surface area (Å²) in [4.78, 5) is 10.6. The summed E-state index contributed by atoms with van der Waals surface area (Å²) >= 11 is 0.